The second-order valence-electron chi connectivity index (χ2n) is 7.79. The maximum absolute atomic E-state index is 12.9. The number of methoxy groups -OCH3 is 2. The Morgan fingerprint density at radius 3 is 2.17 bits per heavy atom. The van der Waals surface area contributed by atoms with E-state index >= 15 is 0 Å². The lowest BCUT2D eigenvalue weighted by Crippen LogP contribution is -2.46. The highest BCUT2D eigenvalue weighted by Crippen LogP contribution is 2.39. The van der Waals surface area contributed by atoms with Crippen molar-refractivity contribution in [3.8, 4) is 17.2 Å². The largest absolute Gasteiger partial charge is 0.502 e. The number of carbonyl (C=O) groups excluding carboxylic acids is 1. The molecule has 0 amide bonds. The van der Waals surface area contributed by atoms with E-state index in [-0.39, 0.29) is 11.7 Å². The van der Waals surface area contributed by atoms with Crippen molar-refractivity contribution in [1.29, 1.82) is 0 Å². The Morgan fingerprint density at radius 1 is 1.03 bits per heavy atom. The van der Waals surface area contributed by atoms with Gasteiger partial charge in [-0.1, -0.05) is 30.3 Å². The maximum atomic E-state index is 12.9. The molecular weight excluding hydrogens is 382 g/mol. The van der Waals surface area contributed by atoms with Crippen molar-refractivity contribution in [3.63, 3.8) is 0 Å². The molecule has 162 valence electrons. The fraction of sp³-hybridized carbons (Fsp3) is 0.458. The van der Waals surface area contributed by atoms with Gasteiger partial charge in [0, 0.05) is 6.54 Å². The predicted molar refractivity (Wildman–Crippen MR) is 115 cm³/mol. The molecule has 1 heterocycles. The van der Waals surface area contributed by atoms with Crippen molar-refractivity contribution in [3.05, 3.63) is 53.6 Å². The maximum Gasteiger partial charge on any atom is 0.312 e. The van der Waals surface area contributed by atoms with E-state index in [0.29, 0.717) is 31.1 Å². The lowest BCUT2D eigenvalue weighted by molar-refractivity contribution is -0.158. The zero-order valence-corrected chi connectivity index (χ0v) is 18.0. The van der Waals surface area contributed by atoms with Gasteiger partial charge in [-0.15, -0.1) is 0 Å². The number of piperidine rings is 1. The monoisotopic (exact) mass is 413 g/mol. The van der Waals surface area contributed by atoms with Gasteiger partial charge in [-0.3, -0.25) is 9.69 Å². The zero-order chi connectivity index (χ0) is 21.6. The number of likely N-dealkylation sites (tertiary alicyclic amines) is 1. The molecule has 0 saturated carbocycles. The van der Waals surface area contributed by atoms with Crippen LogP contribution >= 0.6 is 0 Å². The quantitative estimate of drug-likeness (QED) is 0.664. The average Bonchev–Trinajstić information content (AvgIpc) is 2.77. The van der Waals surface area contributed by atoms with Crippen LogP contribution in [0.4, 0.5) is 0 Å². The SMILES string of the molecule is CCOC(=O)C1(Cc2ccccc2)CCN(Cc2cc(OC)c(O)c(OC)c2)CC1. The van der Waals surface area contributed by atoms with Crippen LogP contribution in [-0.4, -0.2) is 49.9 Å². The number of phenols is 1. The molecule has 3 rings (SSSR count). The molecule has 2 aromatic rings. The van der Waals surface area contributed by atoms with E-state index < -0.39 is 5.41 Å². The van der Waals surface area contributed by atoms with E-state index in [1.807, 2.05) is 37.3 Å². The first-order valence-corrected chi connectivity index (χ1v) is 10.4. The van der Waals surface area contributed by atoms with Gasteiger partial charge in [0.15, 0.2) is 11.5 Å². The fourth-order valence-electron chi connectivity index (χ4n) is 4.16. The van der Waals surface area contributed by atoms with Crippen molar-refractivity contribution >= 4 is 5.97 Å². The highest BCUT2D eigenvalue weighted by molar-refractivity contribution is 5.77. The van der Waals surface area contributed by atoms with Gasteiger partial charge in [0.1, 0.15) is 0 Å². The molecule has 0 atom stereocenters. The normalized spacial score (nSPS) is 16.1. The van der Waals surface area contributed by atoms with E-state index in [2.05, 4.69) is 17.0 Å². The van der Waals surface area contributed by atoms with E-state index in [4.69, 9.17) is 14.2 Å². The molecule has 1 saturated heterocycles. The molecular formula is C24H31NO5. The second kappa shape index (κ2) is 9.85. The topological polar surface area (TPSA) is 68.2 Å². The van der Waals surface area contributed by atoms with Crippen LogP contribution < -0.4 is 9.47 Å². The first-order chi connectivity index (χ1) is 14.5. The van der Waals surface area contributed by atoms with Gasteiger partial charge in [-0.05, 0) is 62.5 Å². The molecule has 0 unspecified atom stereocenters. The van der Waals surface area contributed by atoms with E-state index in [9.17, 15) is 9.90 Å². The number of carbonyl (C=O) groups is 1. The molecule has 6 nitrogen and oxygen atoms in total. The van der Waals surface area contributed by atoms with Crippen LogP contribution in [-0.2, 0) is 22.5 Å². The second-order valence-corrected chi connectivity index (χ2v) is 7.79. The van der Waals surface area contributed by atoms with Crippen molar-refractivity contribution in [2.45, 2.75) is 32.7 Å². The highest BCUT2D eigenvalue weighted by Gasteiger charge is 2.42. The van der Waals surface area contributed by atoms with E-state index in [0.717, 1.165) is 37.1 Å². The predicted octanol–water partition coefficient (Wildman–Crippen LogP) is 3.80. The third kappa shape index (κ3) is 4.87. The lowest BCUT2D eigenvalue weighted by atomic mass is 9.73. The molecule has 1 aliphatic heterocycles. The van der Waals surface area contributed by atoms with Crippen LogP contribution in [0.5, 0.6) is 17.2 Å². The van der Waals surface area contributed by atoms with Crippen LogP contribution in [0.15, 0.2) is 42.5 Å². The summed E-state index contributed by atoms with van der Waals surface area (Å²) in [4.78, 5) is 15.2. The van der Waals surface area contributed by atoms with Crippen molar-refractivity contribution in [1.82, 2.24) is 4.90 Å². The summed E-state index contributed by atoms with van der Waals surface area (Å²) >= 11 is 0. The first kappa shape index (κ1) is 22.0. The standard InChI is InChI=1S/C24H31NO5/c1-4-30-23(27)24(16-18-8-6-5-7-9-18)10-12-25(13-11-24)17-19-14-20(28-2)22(26)21(15-19)29-3/h5-9,14-15,26H,4,10-13,16-17H2,1-3H3. The van der Waals surface area contributed by atoms with Gasteiger partial charge in [0.05, 0.1) is 26.2 Å². The van der Waals surface area contributed by atoms with Crippen LogP contribution in [0, 0.1) is 5.41 Å². The van der Waals surface area contributed by atoms with Gasteiger partial charge >= 0.3 is 5.97 Å². The Labute approximate surface area is 178 Å². The summed E-state index contributed by atoms with van der Waals surface area (Å²) in [7, 11) is 3.05. The Hall–Kier alpha value is -2.73. The number of esters is 1. The van der Waals surface area contributed by atoms with Crippen LogP contribution in [0.2, 0.25) is 0 Å². The summed E-state index contributed by atoms with van der Waals surface area (Å²) in [5, 5.41) is 10.1. The average molecular weight is 414 g/mol. The minimum atomic E-state index is -0.488. The van der Waals surface area contributed by atoms with Crippen molar-refractivity contribution in [2.24, 2.45) is 5.41 Å². The summed E-state index contributed by atoms with van der Waals surface area (Å²) in [5.41, 5.74) is 1.67. The molecule has 6 heteroatoms. The molecule has 1 fully saturated rings. The van der Waals surface area contributed by atoms with Gasteiger partial charge in [-0.25, -0.2) is 0 Å². The Balaban J connectivity index is 1.73. The van der Waals surface area contributed by atoms with Crippen LogP contribution in [0.3, 0.4) is 0 Å². The summed E-state index contributed by atoms with van der Waals surface area (Å²) in [6, 6.07) is 13.8. The van der Waals surface area contributed by atoms with Gasteiger partial charge in [0.25, 0.3) is 0 Å². The van der Waals surface area contributed by atoms with Gasteiger partial charge in [-0.2, -0.15) is 0 Å². The number of phenolic OH excluding ortho intramolecular Hbond substituents is 1. The molecule has 0 radical (unpaired) electrons. The van der Waals surface area contributed by atoms with Crippen LogP contribution in [0.1, 0.15) is 30.9 Å². The van der Waals surface area contributed by atoms with Crippen molar-refractivity contribution < 1.29 is 24.1 Å². The summed E-state index contributed by atoms with van der Waals surface area (Å²) in [5.74, 6) is 0.700. The molecule has 2 aromatic carbocycles. The number of hydrogen-bond donors (Lipinski definition) is 1. The minimum Gasteiger partial charge on any atom is -0.502 e. The smallest absolute Gasteiger partial charge is 0.312 e. The van der Waals surface area contributed by atoms with E-state index in [1.165, 1.54) is 14.2 Å². The lowest BCUT2D eigenvalue weighted by Gasteiger charge is -2.40. The van der Waals surface area contributed by atoms with Gasteiger partial charge in [0.2, 0.25) is 5.75 Å². The van der Waals surface area contributed by atoms with Crippen LogP contribution in [0.25, 0.3) is 0 Å². The Morgan fingerprint density at radius 2 is 1.63 bits per heavy atom. The zero-order valence-electron chi connectivity index (χ0n) is 18.0. The summed E-state index contributed by atoms with van der Waals surface area (Å²) < 4.78 is 16.0. The molecule has 30 heavy (non-hydrogen) atoms. The number of nitrogens with zero attached hydrogens (tertiary/aromatic N) is 1. The first-order valence-electron chi connectivity index (χ1n) is 10.4. The molecule has 0 spiro atoms. The molecule has 0 aromatic heterocycles. The Bertz CT molecular complexity index is 819. The minimum absolute atomic E-state index is 0.00610. The highest BCUT2D eigenvalue weighted by atomic mass is 16.5. The summed E-state index contributed by atoms with van der Waals surface area (Å²) in [6.07, 6.45) is 2.18. The molecule has 0 aliphatic carbocycles. The van der Waals surface area contributed by atoms with Crippen molar-refractivity contribution in [2.75, 3.05) is 33.9 Å². The van der Waals surface area contributed by atoms with Gasteiger partial charge < -0.3 is 19.3 Å². The Kier molecular flexibility index (Phi) is 7.21. The third-order valence-corrected chi connectivity index (χ3v) is 5.85. The fourth-order valence-corrected chi connectivity index (χ4v) is 4.16. The van der Waals surface area contributed by atoms with E-state index in [1.54, 1.807) is 0 Å². The number of ether oxygens (including phenoxy) is 3. The summed E-state index contributed by atoms with van der Waals surface area (Å²) in [6.45, 7) is 4.52. The number of benzene rings is 2. The third-order valence-electron chi connectivity index (χ3n) is 5.85. The number of hydrogen-bond acceptors (Lipinski definition) is 6. The molecule has 1 N–H and O–H groups in total. The number of rotatable bonds is 8. The molecule has 1 aliphatic rings. The number of aromatic hydroxyl groups is 1. The molecule has 0 bridgehead atoms.